The molecule has 1 unspecified atom stereocenters. The Labute approximate surface area is 103 Å². The molecule has 0 heterocycles. The van der Waals surface area contributed by atoms with Crippen LogP contribution >= 0.6 is 11.6 Å². The lowest BCUT2D eigenvalue weighted by molar-refractivity contribution is 0.168. The Balaban J connectivity index is 2.52. The molecule has 0 radical (unpaired) electrons. The maximum atomic E-state index is 9.85. The normalized spacial score (nSPS) is 13.1. The highest BCUT2D eigenvalue weighted by atomic mass is 35.5. The maximum Gasteiger partial charge on any atom is 0.0705 e. The van der Waals surface area contributed by atoms with Crippen LogP contribution in [0.1, 0.15) is 25.0 Å². The van der Waals surface area contributed by atoms with Crippen molar-refractivity contribution in [3.8, 4) is 0 Å². The Morgan fingerprint density at radius 2 is 2.06 bits per heavy atom. The Bertz CT molecular complexity index is 339. The maximum absolute atomic E-state index is 9.85. The summed E-state index contributed by atoms with van der Waals surface area (Å²) < 4.78 is 0. The van der Waals surface area contributed by atoms with Crippen molar-refractivity contribution in [1.29, 1.82) is 0 Å². The second kappa shape index (κ2) is 6.24. The van der Waals surface area contributed by atoms with Crippen molar-refractivity contribution in [2.24, 2.45) is 0 Å². The van der Waals surface area contributed by atoms with Gasteiger partial charge in [-0.25, -0.2) is 0 Å². The first-order chi connectivity index (χ1) is 7.49. The lowest BCUT2D eigenvalue weighted by atomic mass is 10.0. The largest absolute Gasteiger partial charge is 0.391 e. The molecule has 16 heavy (non-hydrogen) atoms. The fourth-order valence-corrected chi connectivity index (χ4v) is 1.81. The van der Waals surface area contributed by atoms with Crippen molar-refractivity contribution in [3.63, 3.8) is 0 Å². The predicted octanol–water partition coefficient (Wildman–Crippen LogP) is 2.55. The summed E-state index contributed by atoms with van der Waals surface area (Å²) in [5, 5.41) is 13.8. The molecule has 3 heteroatoms. The molecule has 1 atom stereocenters. The van der Waals surface area contributed by atoms with Gasteiger partial charge in [0, 0.05) is 17.6 Å². The summed E-state index contributed by atoms with van der Waals surface area (Å²) in [6, 6.07) is 6.18. The summed E-state index contributed by atoms with van der Waals surface area (Å²) in [6.07, 6.45) is 0.324. The molecule has 0 amide bonds. The molecule has 0 aliphatic carbocycles. The average molecular weight is 242 g/mol. The van der Waals surface area contributed by atoms with Crippen LogP contribution in [0.4, 0.5) is 0 Å². The molecule has 0 fully saturated rings. The van der Waals surface area contributed by atoms with E-state index >= 15 is 0 Å². The zero-order valence-electron chi connectivity index (χ0n) is 10.1. The highest BCUT2D eigenvalue weighted by Crippen LogP contribution is 2.16. The van der Waals surface area contributed by atoms with E-state index in [9.17, 15) is 5.11 Å². The third-order valence-electron chi connectivity index (χ3n) is 2.52. The molecule has 0 aromatic heterocycles. The molecule has 0 aliphatic heterocycles. The van der Waals surface area contributed by atoms with E-state index in [4.69, 9.17) is 11.6 Å². The summed E-state index contributed by atoms with van der Waals surface area (Å²) in [5.74, 6) is 0. The van der Waals surface area contributed by atoms with Gasteiger partial charge in [-0.2, -0.15) is 0 Å². The lowest BCUT2D eigenvalue weighted by Gasteiger charge is -2.15. The second-order valence-corrected chi connectivity index (χ2v) is 4.93. The molecule has 1 rings (SSSR count). The van der Waals surface area contributed by atoms with E-state index < -0.39 is 0 Å². The van der Waals surface area contributed by atoms with Crippen LogP contribution in [0, 0.1) is 6.92 Å². The van der Waals surface area contributed by atoms with Crippen LogP contribution in [0.25, 0.3) is 0 Å². The highest BCUT2D eigenvalue weighted by Gasteiger charge is 2.08. The van der Waals surface area contributed by atoms with Gasteiger partial charge in [0.25, 0.3) is 0 Å². The fourth-order valence-electron chi connectivity index (χ4n) is 1.59. The quantitative estimate of drug-likeness (QED) is 0.831. The van der Waals surface area contributed by atoms with E-state index in [1.54, 1.807) is 0 Å². The minimum absolute atomic E-state index is 0.345. The van der Waals surface area contributed by atoms with Gasteiger partial charge in [-0.15, -0.1) is 0 Å². The molecule has 1 aromatic rings. The molecular weight excluding hydrogens is 222 g/mol. The van der Waals surface area contributed by atoms with E-state index in [1.165, 1.54) is 0 Å². The number of aryl methyl sites for hydroxylation is 1. The van der Waals surface area contributed by atoms with Crippen LogP contribution in [0.5, 0.6) is 0 Å². The molecular formula is C13H20ClNO. The van der Waals surface area contributed by atoms with Gasteiger partial charge < -0.3 is 10.4 Å². The Morgan fingerprint density at radius 1 is 1.38 bits per heavy atom. The zero-order valence-corrected chi connectivity index (χ0v) is 10.9. The van der Waals surface area contributed by atoms with Gasteiger partial charge in [-0.1, -0.05) is 31.5 Å². The topological polar surface area (TPSA) is 32.3 Å². The summed E-state index contributed by atoms with van der Waals surface area (Å²) >= 11 is 5.88. The summed E-state index contributed by atoms with van der Waals surface area (Å²) in [7, 11) is 0. The van der Waals surface area contributed by atoms with Gasteiger partial charge in [-0.3, -0.25) is 0 Å². The van der Waals surface area contributed by atoms with Crippen LogP contribution in [0.2, 0.25) is 5.02 Å². The third kappa shape index (κ3) is 4.52. The van der Waals surface area contributed by atoms with Crippen LogP contribution in [0.15, 0.2) is 18.2 Å². The fraction of sp³-hybridized carbons (Fsp3) is 0.538. The number of aliphatic hydroxyl groups excluding tert-OH is 1. The number of nitrogens with one attached hydrogen (secondary N) is 1. The monoisotopic (exact) mass is 241 g/mol. The summed E-state index contributed by atoms with van der Waals surface area (Å²) in [5.41, 5.74) is 2.29. The van der Waals surface area contributed by atoms with Crippen LogP contribution in [-0.2, 0) is 6.42 Å². The molecule has 2 N–H and O–H groups in total. The van der Waals surface area contributed by atoms with Crippen LogP contribution < -0.4 is 5.32 Å². The van der Waals surface area contributed by atoms with Crippen LogP contribution in [0.3, 0.4) is 0 Å². The van der Waals surface area contributed by atoms with Gasteiger partial charge in [-0.05, 0) is 36.6 Å². The molecule has 0 spiro atoms. The Morgan fingerprint density at radius 3 is 2.62 bits per heavy atom. The number of halogens is 1. The number of rotatable bonds is 5. The van der Waals surface area contributed by atoms with Crippen molar-refractivity contribution >= 4 is 11.6 Å². The smallest absolute Gasteiger partial charge is 0.0705 e. The van der Waals surface area contributed by atoms with E-state index in [-0.39, 0.29) is 6.10 Å². The van der Waals surface area contributed by atoms with Crippen molar-refractivity contribution in [3.05, 3.63) is 34.3 Å². The standard InChI is InChI=1S/C13H20ClNO/c1-9(2)15-8-13(16)7-11-4-5-12(14)6-10(11)3/h4-6,9,13,15-16H,7-8H2,1-3H3. The van der Waals surface area contributed by atoms with Gasteiger partial charge in [0.1, 0.15) is 0 Å². The van der Waals surface area contributed by atoms with E-state index in [0.717, 1.165) is 16.1 Å². The van der Waals surface area contributed by atoms with E-state index in [2.05, 4.69) is 19.2 Å². The van der Waals surface area contributed by atoms with Crippen LogP contribution in [-0.4, -0.2) is 23.8 Å². The molecule has 2 nitrogen and oxygen atoms in total. The van der Waals surface area contributed by atoms with Gasteiger partial charge in [0.15, 0.2) is 0 Å². The number of aliphatic hydroxyl groups is 1. The average Bonchev–Trinajstić information content (AvgIpc) is 2.19. The molecule has 0 bridgehead atoms. The Kier molecular flexibility index (Phi) is 5.26. The molecule has 0 saturated carbocycles. The highest BCUT2D eigenvalue weighted by molar-refractivity contribution is 6.30. The van der Waals surface area contributed by atoms with Gasteiger partial charge >= 0.3 is 0 Å². The first-order valence-electron chi connectivity index (χ1n) is 5.65. The SMILES string of the molecule is Cc1cc(Cl)ccc1CC(O)CNC(C)C. The van der Waals surface area contributed by atoms with Crippen molar-refractivity contribution in [1.82, 2.24) is 5.32 Å². The second-order valence-electron chi connectivity index (χ2n) is 4.49. The van der Waals surface area contributed by atoms with Gasteiger partial charge in [0.05, 0.1) is 6.10 Å². The summed E-state index contributed by atoms with van der Waals surface area (Å²) in [6.45, 7) is 6.78. The lowest BCUT2D eigenvalue weighted by Crippen LogP contribution is -2.33. The zero-order chi connectivity index (χ0) is 12.1. The van der Waals surface area contributed by atoms with E-state index in [0.29, 0.717) is 19.0 Å². The first kappa shape index (κ1) is 13.5. The predicted molar refractivity (Wildman–Crippen MR) is 69.0 cm³/mol. The molecule has 0 aliphatic rings. The van der Waals surface area contributed by atoms with E-state index in [1.807, 2.05) is 25.1 Å². The van der Waals surface area contributed by atoms with Crippen molar-refractivity contribution in [2.75, 3.05) is 6.54 Å². The minimum atomic E-state index is -0.345. The van der Waals surface area contributed by atoms with Gasteiger partial charge in [0.2, 0.25) is 0 Å². The number of benzene rings is 1. The van der Waals surface area contributed by atoms with Crippen molar-refractivity contribution in [2.45, 2.75) is 39.3 Å². The van der Waals surface area contributed by atoms with Crippen molar-refractivity contribution < 1.29 is 5.11 Å². The molecule has 90 valence electrons. The minimum Gasteiger partial charge on any atom is -0.391 e. The number of hydrogen-bond acceptors (Lipinski definition) is 2. The molecule has 0 saturated heterocycles. The third-order valence-corrected chi connectivity index (χ3v) is 2.76. The first-order valence-corrected chi connectivity index (χ1v) is 6.03. The molecule has 1 aromatic carbocycles. The Hall–Kier alpha value is -0.570. The number of hydrogen-bond donors (Lipinski definition) is 2. The summed E-state index contributed by atoms with van der Waals surface area (Å²) in [4.78, 5) is 0.